The van der Waals surface area contributed by atoms with Gasteiger partial charge >= 0.3 is 21.5 Å². The quantitative estimate of drug-likeness (QED) is 0.731. The van der Waals surface area contributed by atoms with Crippen LogP contribution in [0, 0.1) is 0 Å². The molecule has 1 aromatic carbocycles. The average Bonchev–Trinajstić information content (AvgIpc) is 2.02. The lowest BCUT2D eigenvalue weighted by molar-refractivity contribution is 0.430. The Morgan fingerprint density at radius 2 is 1.86 bits per heavy atom. The highest BCUT2D eigenvalue weighted by atomic mass is 32.3. The minimum atomic E-state index is -4.39. The summed E-state index contributed by atoms with van der Waals surface area (Å²) in [5.74, 6) is -0.544. The maximum absolute atomic E-state index is 11.1. The standard InChI is InChI=1S/C6H6O6S2/c7-5-3-1-2-4-6(5)14(10,11)12-13(8)9/h1-4,7H,(H,8,9). The highest BCUT2D eigenvalue weighted by Crippen LogP contribution is 2.23. The van der Waals surface area contributed by atoms with Crippen molar-refractivity contribution in [3.63, 3.8) is 0 Å². The van der Waals surface area contributed by atoms with E-state index < -0.39 is 32.1 Å². The molecule has 78 valence electrons. The molecule has 1 aromatic rings. The molecule has 0 amide bonds. The van der Waals surface area contributed by atoms with Gasteiger partial charge in [-0.2, -0.15) is 12.6 Å². The number of phenolic OH excluding ortho intramolecular Hbond substituents is 1. The fourth-order valence-corrected chi connectivity index (χ4v) is 2.26. The van der Waals surface area contributed by atoms with Gasteiger partial charge in [0.05, 0.1) is 0 Å². The van der Waals surface area contributed by atoms with Crippen molar-refractivity contribution in [2.75, 3.05) is 0 Å². The van der Waals surface area contributed by atoms with Crippen LogP contribution in [0.4, 0.5) is 0 Å². The third kappa shape index (κ3) is 2.51. The highest BCUT2D eigenvalue weighted by molar-refractivity contribution is 7.95. The first-order chi connectivity index (χ1) is 6.43. The normalized spacial score (nSPS) is 13.8. The van der Waals surface area contributed by atoms with Crippen molar-refractivity contribution < 1.29 is 25.9 Å². The Morgan fingerprint density at radius 1 is 1.29 bits per heavy atom. The maximum Gasteiger partial charge on any atom is 0.317 e. The lowest BCUT2D eigenvalue weighted by Crippen LogP contribution is -2.08. The van der Waals surface area contributed by atoms with E-state index in [2.05, 4.69) is 3.63 Å². The van der Waals surface area contributed by atoms with Crippen LogP contribution in [-0.4, -0.2) is 22.3 Å². The molecule has 1 atom stereocenters. The zero-order valence-electron chi connectivity index (χ0n) is 6.65. The van der Waals surface area contributed by atoms with Crippen molar-refractivity contribution in [2.24, 2.45) is 0 Å². The number of rotatable bonds is 3. The van der Waals surface area contributed by atoms with E-state index in [1.165, 1.54) is 12.1 Å². The van der Waals surface area contributed by atoms with Gasteiger partial charge in [0.2, 0.25) is 0 Å². The van der Waals surface area contributed by atoms with Crippen LogP contribution in [0.15, 0.2) is 29.2 Å². The van der Waals surface area contributed by atoms with Gasteiger partial charge in [-0.05, 0) is 12.1 Å². The molecular weight excluding hydrogens is 232 g/mol. The molecule has 0 saturated carbocycles. The molecule has 0 aliphatic heterocycles. The fourth-order valence-electron chi connectivity index (χ4n) is 0.782. The minimum Gasteiger partial charge on any atom is -0.506 e. The van der Waals surface area contributed by atoms with E-state index in [1.54, 1.807) is 0 Å². The summed E-state index contributed by atoms with van der Waals surface area (Å²) >= 11 is -2.94. The van der Waals surface area contributed by atoms with E-state index in [0.29, 0.717) is 0 Å². The molecule has 0 heterocycles. The Kier molecular flexibility index (Phi) is 3.21. The summed E-state index contributed by atoms with van der Waals surface area (Å²) in [5, 5.41) is 9.12. The molecule has 0 radical (unpaired) electrons. The molecule has 1 unspecified atom stereocenters. The van der Waals surface area contributed by atoms with Crippen LogP contribution < -0.4 is 0 Å². The fraction of sp³-hybridized carbons (Fsp3) is 0. The SMILES string of the molecule is O=S(O)OS(=O)(=O)c1ccccc1O. The second-order valence-corrected chi connectivity index (χ2v) is 4.53. The Balaban J connectivity index is 3.17. The molecule has 8 heteroatoms. The Bertz CT molecular complexity index is 451. The first-order valence-corrected chi connectivity index (χ1v) is 5.71. The largest absolute Gasteiger partial charge is 0.506 e. The van der Waals surface area contributed by atoms with E-state index in [9.17, 15) is 12.6 Å². The van der Waals surface area contributed by atoms with Crippen LogP contribution in [0.2, 0.25) is 0 Å². The van der Waals surface area contributed by atoms with E-state index in [1.807, 2.05) is 0 Å². The molecule has 0 saturated heterocycles. The van der Waals surface area contributed by atoms with E-state index in [-0.39, 0.29) is 0 Å². The van der Waals surface area contributed by atoms with Crippen molar-refractivity contribution in [3.8, 4) is 5.75 Å². The summed E-state index contributed by atoms with van der Waals surface area (Å²) in [5.41, 5.74) is 0. The molecule has 6 nitrogen and oxygen atoms in total. The molecule has 0 spiro atoms. The summed E-state index contributed by atoms with van der Waals surface area (Å²) in [6.45, 7) is 0. The molecule has 1 rings (SSSR count). The summed E-state index contributed by atoms with van der Waals surface area (Å²) in [6, 6.07) is 4.93. The summed E-state index contributed by atoms with van der Waals surface area (Å²) in [7, 11) is -4.39. The van der Waals surface area contributed by atoms with Gasteiger partial charge in [-0.25, -0.2) is 0 Å². The van der Waals surface area contributed by atoms with Crippen molar-refractivity contribution in [1.82, 2.24) is 0 Å². The van der Waals surface area contributed by atoms with Gasteiger partial charge in [-0.3, -0.25) is 4.55 Å². The predicted molar refractivity (Wildman–Crippen MR) is 47.1 cm³/mol. The molecule has 0 aliphatic rings. The zero-order valence-corrected chi connectivity index (χ0v) is 8.29. The van der Waals surface area contributed by atoms with Crippen molar-refractivity contribution in [1.29, 1.82) is 0 Å². The second kappa shape index (κ2) is 4.05. The topological polar surface area (TPSA) is 101 Å². The lowest BCUT2D eigenvalue weighted by atomic mass is 10.3. The third-order valence-corrected chi connectivity index (χ3v) is 3.35. The van der Waals surface area contributed by atoms with Crippen LogP contribution in [0.5, 0.6) is 5.75 Å². The predicted octanol–water partition coefficient (Wildman–Crippen LogP) is 0.234. The van der Waals surface area contributed by atoms with Gasteiger partial charge in [0.15, 0.2) is 0 Å². The van der Waals surface area contributed by atoms with Crippen LogP contribution in [-0.2, 0) is 25.1 Å². The second-order valence-electron chi connectivity index (χ2n) is 2.21. The van der Waals surface area contributed by atoms with Crippen molar-refractivity contribution >= 4 is 21.5 Å². The van der Waals surface area contributed by atoms with Crippen LogP contribution in [0.25, 0.3) is 0 Å². The third-order valence-electron chi connectivity index (χ3n) is 1.28. The highest BCUT2D eigenvalue weighted by Gasteiger charge is 2.21. The van der Waals surface area contributed by atoms with Crippen molar-refractivity contribution in [3.05, 3.63) is 24.3 Å². The molecular formula is C6H6O6S2. The van der Waals surface area contributed by atoms with Gasteiger partial charge < -0.3 is 5.11 Å². The summed E-state index contributed by atoms with van der Waals surface area (Å²) < 4.78 is 44.4. The van der Waals surface area contributed by atoms with Crippen LogP contribution in [0.1, 0.15) is 0 Å². The minimum absolute atomic E-state index is 0.544. The smallest absolute Gasteiger partial charge is 0.317 e. The molecule has 0 bridgehead atoms. The van der Waals surface area contributed by atoms with Crippen molar-refractivity contribution in [2.45, 2.75) is 4.90 Å². The van der Waals surface area contributed by atoms with Gasteiger partial charge in [-0.15, -0.1) is 3.63 Å². The number of para-hydroxylation sites is 1. The first-order valence-electron chi connectivity index (χ1n) is 3.27. The number of hydrogen-bond donors (Lipinski definition) is 2. The number of phenols is 1. The van der Waals surface area contributed by atoms with E-state index in [0.717, 1.165) is 12.1 Å². The molecule has 14 heavy (non-hydrogen) atoms. The lowest BCUT2D eigenvalue weighted by Gasteiger charge is -2.02. The van der Waals surface area contributed by atoms with E-state index >= 15 is 0 Å². The molecule has 0 aromatic heterocycles. The maximum atomic E-state index is 11.1. The zero-order chi connectivity index (χ0) is 10.8. The van der Waals surface area contributed by atoms with Crippen LogP contribution >= 0.6 is 0 Å². The van der Waals surface area contributed by atoms with Crippen LogP contribution in [0.3, 0.4) is 0 Å². The summed E-state index contributed by atoms with van der Waals surface area (Å²) in [6.07, 6.45) is 0. The Labute approximate surface area is 82.8 Å². The number of hydrogen-bond acceptors (Lipinski definition) is 5. The number of benzene rings is 1. The Morgan fingerprint density at radius 3 is 2.36 bits per heavy atom. The number of aromatic hydroxyl groups is 1. The molecule has 0 aliphatic carbocycles. The van der Waals surface area contributed by atoms with Gasteiger partial charge in [0, 0.05) is 0 Å². The Hall–Kier alpha value is -0.960. The molecule has 0 fully saturated rings. The first kappa shape index (κ1) is 11.1. The van der Waals surface area contributed by atoms with Gasteiger partial charge in [0.1, 0.15) is 10.6 Å². The molecule has 2 N–H and O–H groups in total. The van der Waals surface area contributed by atoms with Gasteiger partial charge in [0.25, 0.3) is 0 Å². The van der Waals surface area contributed by atoms with E-state index in [4.69, 9.17) is 9.66 Å². The average molecular weight is 238 g/mol. The monoisotopic (exact) mass is 238 g/mol. The summed E-state index contributed by atoms with van der Waals surface area (Å²) in [4.78, 5) is -0.553. The van der Waals surface area contributed by atoms with Gasteiger partial charge in [-0.1, -0.05) is 12.1 Å².